The SMILES string of the molecule is CC(CC(=O)O)C(O)c1ccc(C(C)(C)C)cc1. The van der Waals surface area contributed by atoms with Gasteiger partial charge in [0.15, 0.2) is 0 Å². The summed E-state index contributed by atoms with van der Waals surface area (Å²) in [7, 11) is 0. The molecule has 0 amide bonds. The third-order valence-electron chi connectivity index (χ3n) is 3.15. The Labute approximate surface area is 108 Å². The van der Waals surface area contributed by atoms with E-state index in [2.05, 4.69) is 20.8 Å². The fourth-order valence-electron chi connectivity index (χ4n) is 1.90. The normalized spacial score (nSPS) is 15.2. The van der Waals surface area contributed by atoms with Crippen molar-refractivity contribution < 1.29 is 15.0 Å². The third kappa shape index (κ3) is 3.84. The summed E-state index contributed by atoms with van der Waals surface area (Å²) in [4.78, 5) is 10.6. The number of rotatable bonds is 4. The van der Waals surface area contributed by atoms with Gasteiger partial charge in [-0.15, -0.1) is 0 Å². The van der Waals surface area contributed by atoms with Gasteiger partial charge in [-0.1, -0.05) is 52.0 Å². The topological polar surface area (TPSA) is 57.5 Å². The number of benzene rings is 1. The molecule has 0 spiro atoms. The summed E-state index contributed by atoms with van der Waals surface area (Å²) < 4.78 is 0. The summed E-state index contributed by atoms with van der Waals surface area (Å²) >= 11 is 0. The largest absolute Gasteiger partial charge is 0.481 e. The highest BCUT2D eigenvalue weighted by Gasteiger charge is 2.20. The van der Waals surface area contributed by atoms with Crippen molar-refractivity contribution in [3.05, 3.63) is 35.4 Å². The molecule has 0 bridgehead atoms. The Morgan fingerprint density at radius 1 is 1.22 bits per heavy atom. The van der Waals surface area contributed by atoms with Crippen LogP contribution in [0.15, 0.2) is 24.3 Å². The summed E-state index contributed by atoms with van der Waals surface area (Å²) in [5.74, 6) is -1.17. The number of aliphatic carboxylic acids is 1. The first kappa shape index (κ1) is 14.7. The van der Waals surface area contributed by atoms with Crippen LogP contribution in [0.3, 0.4) is 0 Å². The first-order valence-electron chi connectivity index (χ1n) is 6.22. The third-order valence-corrected chi connectivity index (χ3v) is 3.15. The lowest BCUT2D eigenvalue weighted by atomic mass is 9.85. The Morgan fingerprint density at radius 3 is 2.11 bits per heavy atom. The molecule has 0 fully saturated rings. The molecule has 0 heterocycles. The summed E-state index contributed by atoms with van der Waals surface area (Å²) in [5, 5.41) is 18.8. The average Bonchev–Trinajstić information content (AvgIpc) is 2.26. The summed E-state index contributed by atoms with van der Waals surface area (Å²) in [6.45, 7) is 8.14. The number of carboxylic acid groups (broad SMARTS) is 1. The Bertz CT molecular complexity index is 401. The van der Waals surface area contributed by atoms with Gasteiger partial charge in [0.2, 0.25) is 0 Å². The maximum Gasteiger partial charge on any atom is 0.303 e. The van der Waals surface area contributed by atoms with Gasteiger partial charge in [-0.3, -0.25) is 4.79 Å². The number of carboxylic acids is 1. The number of hydrogen-bond acceptors (Lipinski definition) is 2. The molecule has 18 heavy (non-hydrogen) atoms. The monoisotopic (exact) mass is 250 g/mol. The van der Waals surface area contributed by atoms with Crippen molar-refractivity contribution in [2.45, 2.75) is 45.6 Å². The lowest BCUT2D eigenvalue weighted by molar-refractivity contribution is -0.139. The first-order chi connectivity index (χ1) is 8.21. The van der Waals surface area contributed by atoms with Crippen LogP contribution in [0.25, 0.3) is 0 Å². The zero-order chi connectivity index (χ0) is 13.9. The second-order valence-electron chi connectivity index (χ2n) is 5.89. The van der Waals surface area contributed by atoms with Crippen LogP contribution < -0.4 is 0 Å². The molecule has 1 aromatic carbocycles. The molecule has 2 atom stereocenters. The second kappa shape index (κ2) is 5.53. The van der Waals surface area contributed by atoms with E-state index in [-0.39, 0.29) is 17.8 Å². The van der Waals surface area contributed by atoms with Crippen LogP contribution in [0, 0.1) is 5.92 Å². The van der Waals surface area contributed by atoms with Gasteiger partial charge < -0.3 is 10.2 Å². The Hall–Kier alpha value is -1.35. The Morgan fingerprint density at radius 2 is 1.72 bits per heavy atom. The van der Waals surface area contributed by atoms with Crippen molar-refractivity contribution in [2.24, 2.45) is 5.92 Å². The predicted molar refractivity (Wildman–Crippen MR) is 71.5 cm³/mol. The van der Waals surface area contributed by atoms with Crippen molar-refractivity contribution in [3.8, 4) is 0 Å². The minimum Gasteiger partial charge on any atom is -0.481 e. The number of aliphatic hydroxyl groups is 1. The molecule has 100 valence electrons. The van der Waals surface area contributed by atoms with E-state index >= 15 is 0 Å². The van der Waals surface area contributed by atoms with Crippen LogP contribution in [0.2, 0.25) is 0 Å². The fraction of sp³-hybridized carbons (Fsp3) is 0.533. The molecule has 0 saturated heterocycles. The van der Waals surface area contributed by atoms with Crippen LogP contribution in [-0.4, -0.2) is 16.2 Å². The number of hydrogen-bond donors (Lipinski definition) is 2. The van der Waals surface area contributed by atoms with Crippen molar-refractivity contribution in [1.29, 1.82) is 0 Å². The van der Waals surface area contributed by atoms with E-state index in [0.29, 0.717) is 0 Å². The standard InChI is InChI=1S/C15H22O3/c1-10(9-13(16)17)14(18)11-5-7-12(8-6-11)15(2,3)4/h5-8,10,14,18H,9H2,1-4H3,(H,16,17). The molecule has 2 N–H and O–H groups in total. The Kier molecular flexibility index (Phi) is 4.52. The van der Waals surface area contributed by atoms with Crippen molar-refractivity contribution in [2.75, 3.05) is 0 Å². The second-order valence-corrected chi connectivity index (χ2v) is 5.89. The van der Waals surface area contributed by atoms with Crippen LogP contribution in [0.4, 0.5) is 0 Å². The lowest BCUT2D eigenvalue weighted by Gasteiger charge is -2.21. The van der Waals surface area contributed by atoms with Crippen LogP contribution in [0.5, 0.6) is 0 Å². The van der Waals surface area contributed by atoms with Crippen molar-refractivity contribution in [3.63, 3.8) is 0 Å². The van der Waals surface area contributed by atoms with Gasteiger partial charge in [-0.05, 0) is 22.5 Å². The van der Waals surface area contributed by atoms with Gasteiger partial charge in [-0.2, -0.15) is 0 Å². The van der Waals surface area contributed by atoms with E-state index in [0.717, 1.165) is 5.56 Å². The minimum atomic E-state index is -0.882. The molecule has 1 rings (SSSR count). The fourth-order valence-corrected chi connectivity index (χ4v) is 1.90. The summed E-state index contributed by atoms with van der Waals surface area (Å²) in [5.41, 5.74) is 2.05. The molecule has 0 saturated carbocycles. The maximum absolute atomic E-state index is 10.6. The Balaban J connectivity index is 2.82. The van der Waals surface area contributed by atoms with E-state index in [1.807, 2.05) is 24.3 Å². The molecule has 0 aliphatic rings. The minimum absolute atomic E-state index is 0.0256. The zero-order valence-corrected chi connectivity index (χ0v) is 11.5. The predicted octanol–water partition coefficient (Wildman–Crippen LogP) is 3.13. The molecule has 3 heteroatoms. The first-order valence-corrected chi connectivity index (χ1v) is 6.22. The molecule has 2 unspecified atom stereocenters. The van der Waals surface area contributed by atoms with E-state index in [1.54, 1.807) is 6.92 Å². The van der Waals surface area contributed by atoms with Crippen LogP contribution in [-0.2, 0) is 10.2 Å². The smallest absolute Gasteiger partial charge is 0.303 e. The molecule has 3 nitrogen and oxygen atoms in total. The highest BCUT2D eigenvalue weighted by Crippen LogP contribution is 2.27. The number of aliphatic hydroxyl groups excluding tert-OH is 1. The average molecular weight is 250 g/mol. The summed E-state index contributed by atoms with van der Waals surface area (Å²) in [6.07, 6.45) is -0.752. The van der Waals surface area contributed by atoms with Gasteiger partial charge in [0.25, 0.3) is 0 Å². The van der Waals surface area contributed by atoms with Crippen LogP contribution >= 0.6 is 0 Å². The van der Waals surface area contributed by atoms with Crippen molar-refractivity contribution >= 4 is 5.97 Å². The maximum atomic E-state index is 10.6. The molecular formula is C15H22O3. The van der Waals surface area contributed by atoms with E-state index in [9.17, 15) is 9.90 Å². The molecule has 0 aliphatic carbocycles. The molecule has 1 aromatic rings. The van der Waals surface area contributed by atoms with E-state index in [1.165, 1.54) is 5.56 Å². The molecular weight excluding hydrogens is 228 g/mol. The zero-order valence-electron chi connectivity index (χ0n) is 11.5. The van der Waals surface area contributed by atoms with Crippen LogP contribution in [0.1, 0.15) is 51.3 Å². The van der Waals surface area contributed by atoms with Gasteiger partial charge in [0.05, 0.1) is 12.5 Å². The molecule has 0 aliphatic heterocycles. The lowest BCUT2D eigenvalue weighted by Crippen LogP contribution is -2.15. The van der Waals surface area contributed by atoms with Crippen molar-refractivity contribution in [1.82, 2.24) is 0 Å². The van der Waals surface area contributed by atoms with Gasteiger partial charge >= 0.3 is 5.97 Å². The van der Waals surface area contributed by atoms with Gasteiger partial charge in [0, 0.05) is 0 Å². The summed E-state index contributed by atoms with van der Waals surface area (Å²) in [6, 6.07) is 7.74. The van der Waals surface area contributed by atoms with E-state index in [4.69, 9.17) is 5.11 Å². The highest BCUT2D eigenvalue weighted by atomic mass is 16.4. The quantitative estimate of drug-likeness (QED) is 0.863. The van der Waals surface area contributed by atoms with Gasteiger partial charge in [-0.25, -0.2) is 0 Å². The number of carbonyl (C=O) groups is 1. The molecule has 0 radical (unpaired) electrons. The highest BCUT2D eigenvalue weighted by molar-refractivity contribution is 5.67. The van der Waals surface area contributed by atoms with Gasteiger partial charge in [0.1, 0.15) is 0 Å². The van der Waals surface area contributed by atoms with E-state index < -0.39 is 12.1 Å². The molecule has 0 aromatic heterocycles.